The van der Waals surface area contributed by atoms with Gasteiger partial charge in [0, 0.05) is 33.3 Å². The van der Waals surface area contributed by atoms with Crippen LogP contribution in [-0.2, 0) is 6.42 Å². The van der Waals surface area contributed by atoms with Crippen LogP contribution in [0.25, 0.3) is 10.1 Å². The van der Waals surface area contributed by atoms with E-state index in [2.05, 4.69) is 30.0 Å². The van der Waals surface area contributed by atoms with E-state index in [1.165, 1.54) is 20.9 Å². The molecule has 0 saturated carbocycles. The molecule has 3 nitrogen and oxygen atoms in total. The number of likely N-dealkylation sites (N-methyl/N-ethyl adjacent to an activating group) is 1. The summed E-state index contributed by atoms with van der Waals surface area (Å²) in [6.07, 6.45) is 2.56. The van der Waals surface area contributed by atoms with Gasteiger partial charge in [0.25, 0.3) is 0 Å². The van der Waals surface area contributed by atoms with Crippen molar-refractivity contribution in [3.05, 3.63) is 51.3 Å². The van der Waals surface area contributed by atoms with E-state index >= 15 is 0 Å². The number of benzene rings is 1. The van der Waals surface area contributed by atoms with Crippen LogP contribution in [0.15, 0.2) is 36.0 Å². The summed E-state index contributed by atoms with van der Waals surface area (Å²) in [6, 6.07) is 8.14. The van der Waals surface area contributed by atoms with Crippen LogP contribution in [-0.4, -0.2) is 36.3 Å². The minimum atomic E-state index is 0.101. The fourth-order valence-electron chi connectivity index (χ4n) is 2.30. The second kappa shape index (κ2) is 6.05. The van der Waals surface area contributed by atoms with Crippen LogP contribution in [0.4, 0.5) is 0 Å². The topological polar surface area (TPSA) is 33.2 Å². The van der Waals surface area contributed by atoms with E-state index in [0.717, 1.165) is 23.9 Å². The van der Waals surface area contributed by atoms with Gasteiger partial charge >= 0.3 is 0 Å². The molecule has 0 amide bonds. The molecule has 2 aromatic heterocycles. The first-order valence-electron chi connectivity index (χ1n) is 6.75. The lowest BCUT2D eigenvalue weighted by atomic mass is 10.0. The smallest absolute Gasteiger partial charge is 0.206 e. The molecule has 0 aliphatic rings. The number of fused-ring (bicyclic) bond motifs is 1. The Morgan fingerprint density at radius 3 is 2.81 bits per heavy atom. The summed E-state index contributed by atoms with van der Waals surface area (Å²) in [5, 5.41) is 1.06. The molecule has 0 bridgehead atoms. The van der Waals surface area contributed by atoms with Crippen molar-refractivity contribution in [1.29, 1.82) is 0 Å². The van der Waals surface area contributed by atoms with E-state index in [9.17, 15) is 4.79 Å². The molecule has 2 heterocycles. The van der Waals surface area contributed by atoms with E-state index in [4.69, 9.17) is 0 Å². The van der Waals surface area contributed by atoms with Crippen LogP contribution < -0.4 is 0 Å². The Balaban J connectivity index is 2.09. The van der Waals surface area contributed by atoms with Gasteiger partial charge in [-0.3, -0.25) is 9.78 Å². The zero-order valence-electron chi connectivity index (χ0n) is 12.0. The molecule has 0 fully saturated rings. The second-order valence-corrected chi connectivity index (χ2v) is 7.17. The monoisotopic (exact) mass is 316 g/mol. The molecule has 3 rings (SSSR count). The summed E-state index contributed by atoms with van der Waals surface area (Å²) in [5.41, 5.74) is 2.57. The van der Waals surface area contributed by atoms with Gasteiger partial charge in [-0.25, -0.2) is 0 Å². The van der Waals surface area contributed by atoms with Crippen molar-refractivity contribution in [3.8, 4) is 0 Å². The summed E-state index contributed by atoms with van der Waals surface area (Å²) >= 11 is 3.13. The first-order valence-corrected chi connectivity index (χ1v) is 8.44. The molecular weight excluding hydrogens is 300 g/mol. The molecule has 0 aliphatic heterocycles. The zero-order valence-corrected chi connectivity index (χ0v) is 13.6. The number of nitrogens with zero attached hydrogens (tertiary/aromatic N) is 2. The van der Waals surface area contributed by atoms with Gasteiger partial charge in [0.1, 0.15) is 0 Å². The van der Waals surface area contributed by atoms with Crippen LogP contribution >= 0.6 is 22.7 Å². The molecule has 0 N–H and O–H groups in total. The Kier molecular flexibility index (Phi) is 4.14. The normalized spacial score (nSPS) is 11.4. The molecule has 108 valence electrons. The lowest BCUT2D eigenvalue weighted by molar-refractivity contribution is 0.104. The molecule has 0 spiro atoms. The van der Waals surface area contributed by atoms with Crippen LogP contribution in [0.3, 0.4) is 0 Å². The standard InChI is InChI=1S/C16H16N2OS2/c1-18(2)8-7-13-15(16(19)14-9-17-10-20-14)11-5-3-4-6-12(11)21-13/h3-6,9-10H,7-8H2,1-2H3. The average Bonchev–Trinajstić information content (AvgIpc) is 3.11. The second-order valence-electron chi connectivity index (χ2n) is 5.14. The number of aromatic nitrogens is 1. The molecule has 0 aliphatic carbocycles. The molecule has 0 radical (unpaired) electrons. The third-order valence-electron chi connectivity index (χ3n) is 3.34. The molecule has 5 heteroatoms. The zero-order chi connectivity index (χ0) is 14.8. The Morgan fingerprint density at radius 2 is 2.10 bits per heavy atom. The number of thiophene rings is 1. The van der Waals surface area contributed by atoms with Gasteiger partial charge in [-0.1, -0.05) is 18.2 Å². The summed E-state index contributed by atoms with van der Waals surface area (Å²) in [6.45, 7) is 0.940. The predicted octanol–water partition coefficient (Wildman–Crippen LogP) is 3.69. The molecule has 0 unspecified atom stereocenters. The first kappa shape index (κ1) is 14.4. The lowest BCUT2D eigenvalue weighted by Crippen LogP contribution is -2.15. The lowest BCUT2D eigenvalue weighted by Gasteiger charge is -2.09. The van der Waals surface area contributed by atoms with Gasteiger partial charge in [-0.2, -0.15) is 0 Å². The number of ketones is 1. The van der Waals surface area contributed by atoms with E-state index < -0.39 is 0 Å². The quantitative estimate of drug-likeness (QED) is 0.673. The van der Waals surface area contributed by atoms with Gasteiger partial charge in [-0.15, -0.1) is 22.7 Å². The average molecular weight is 316 g/mol. The van der Waals surface area contributed by atoms with Crippen molar-refractivity contribution in [2.75, 3.05) is 20.6 Å². The summed E-state index contributed by atoms with van der Waals surface area (Å²) in [4.78, 5) is 20.9. The van der Waals surface area contributed by atoms with Gasteiger partial charge in [0.2, 0.25) is 5.78 Å². The van der Waals surface area contributed by atoms with Gasteiger partial charge in [0.05, 0.1) is 10.4 Å². The fraction of sp³-hybridized carbons (Fsp3) is 0.250. The summed E-state index contributed by atoms with van der Waals surface area (Å²) < 4.78 is 1.18. The highest BCUT2D eigenvalue weighted by atomic mass is 32.1. The van der Waals surface area contributed by atoms with Crippen molar-refractivity contribution >= 4 is 38.5 Å². The molecular formula is C16H16N2OS2. The third-order valence-corrected chi connectivity index (χ3v) is 5.34. The van der Waals surface area contributed by atoms with E-state index in [1.54, 1.807) is 23.0 Å². The molecule has 0 saturated heterocycles. The SMILES string of the molecule is CN(C)CCc1sc2ccccc2c1C(=O)c1cncs1. The van der Waals surface area contributed by atoms with E-state index in [1.807, 2.05) is 18.2 Å². The number of carbonyl (C=O) groups excluding carboxylic acids is 1. The van der Waals surface area contributed by atoms with E-state index in [-0.39, 0.29) is 5.78 Å². The van der Waals surface area contributed by atoms with Gasteiger partial charge in [0.15, 0.2) is 0 Å². The molecule has 3 aromatic rings. The largest absolute Gasteiger partial charge is 0.309 e. The van der Waals surface area contributed by atoms with Crippen LogP contribution in [0.2, 0.25) is 0 Å². The van der Waals surface area contributed by atoms with Crippen molar-refractivity contribution in [2.24, 2.45) is 0 Å². The maximum absolute atomic E-state index is 12.8. The molecule has 0 atom stereocenters. The van der Waals surface area contributed by atoms with E-state index in [0.29, 0.717) is 4.88 Å². The van der Waals surface area contributed by atoms with Crippen molar-refractivity contribution < 1.29 is 4.79 Å². The number of hydrogen-bond acceptors (Lipinski definition) is 5. The number of hydrogen-bond donors (Lipinski definition) is 0. The Hall–Kier alpha value is -1.56. The van der Waals surface area contributed by atoms with Crippen molar-refractivity contribution in [2.45, 2.75) is 6.42 Å². The third kappa shape index (κ3) is 2.90. The Bertz CT molecular complexity index is 760. The minimum absolute atomic E-state index is 0.101. The maximum atomic E-state index is 12.8. The highest BCUT2D eigenvalue weighted by Gasteiger charge is 2.20. The number of thiazole rings is 1. The Labute approximate surface area is 131 Å². The highest BCUT2D eigenvalue weighted by molar-refractivity contribution is 7.19. The summed E-state index contributed by atoms with van der Waals surface area (Å²) in [7, 11) is 4.11. The molecule has 1 aromatic carbocycles. The van der Waals surface area contributed by atoms with Crippen LogP contribution in [0.5, 0.6) is 0 Å². The first-order chi connectivity index (χ1) is 10.2. The number of rotatable bonds is 5. The van der Waals surface area contributed by atoms with Crippen molar-refractivity contribution in [1.82, 2.24) is 9.88 Å². The summed E-state index contributed by atoms with van der Waals surface area (Å²) in [5.74, 6) is 0.101. The van der Waals surface area contributed by atoms with Gasteiger partial charge < -0.3 is 4.90 Å². The van der Waals surface area contributed by atoms with Crippen LogP contribution in [0.1, 0.15) is 20.1 Å². The van der Waals surface area contributed by atoms with Gasteiger partial charge in [-0.05, 0) is 26.6 Å². The Morgan fingerprint density at radius 1 is 1.29 bits per heavy atom. The maximum Gasteiger partial charge on any atom is 0.206 e. The van der Waals surface area contributed by atoms with Crippen molar-refractivity contribution in [3.63, 3.8) is 0 Å². The fourth-order valence-corrected chi connectivity index (χ4v) is 4.05. The molecule has 21 heavy (non-hydrogen) atoms. The number of carbonyl (C=O) groups is 1. The highest BCUT2D eigenvalue weighted by Crippen LogP contribution is 2.33. The minimum Gasteiger partial charge on any atom is -0.309 e. The predicted molar refractivity (Wildman–Crippen MR) is 89.6 cm³/mol. The van der Waals surface area contributed by atoms with Crippen LogP contribution in [0, 0.1) is 0 Å².